The van der Waals surface area contributed by atoms with Crippen molar-refractivity contribution in [3.8, 4) is 0 Å². The number of carbonyl (C=O) groups excluding carboxylic acids is 2. The number of amides is 2. The van der Waals surface area contributed by atoms with E-state index in [-0.39, 0.29) is 18.6 Å². The molecule has 122 valence electrons. The Kier molecular flexibility index (Phi) is 7.45. The third kappa shape index (κ3) is 7.29. The smallest absolute Gasteiger partial charge is 0.410 e. The van der Waals surface area contributed by atoms with Crippen LogP contribution in [0.4, 0.5) is 4.79 Å². The molecule has 1 fully saturated rings. The Labute approximate surface area is 127 Å². The third-order valence-electron chi connectivity index (χ3n) is 3.60. The zero-order chi connectivity index (χ0) is 15.8. The van der Waals surface area contributed by atoms with Gasteiger partial charge < -0.3 is 24.8 Å². The predicted octanol–water partition coefficient (Wildman–Crippen LogP) is -0.173. The lowest BCUT2D eigenvalue weighted by atomic mass is 10.1. The van der Waals surface area contributed by atoms with Crippen LogP contribution in [0.25, 0.3) is 0 Å². The van der Waals surface area contributed by atoms with Crippen LogP contribution in [0.1, 0.15) is 12.8 Å². The molecular formula is C14H28N4O3. The largest absolute Gasteiger partial charge is 0.439 e. The highest BCUT2D eigenvalue weighted by molar-refractivity contribution is 5.80. The van der Waals surface area contributed by atoms with E-state index in [0.29, 0.717) is 6.54 Å². The van der Waals surface area contributed by atoms with Crippen LogP contribution in [0.2, 0.25) is 0 Å². The lowest BCUT2D eigenvalue weighted by Gasteiger charge is -2.29. The molecule has 0 radical (unpaired) electrons. The average Bonchev–Trinajstić information content (AvgIpc) is 2.44. The number of rotatable bonds is 6. The molecular weight excluding hydrogens is 272 g/mol. The lowest BCUT2D eigenvalue weighted by Crippen LogP contribution is -2.45. The van der Waals surface area contributed by atoms with Gasteiger partial charge >= 0.3 is 6.09 Å². The van der Waals surface area contributed by atoms with Gasteiger partial charge in [0.05, 0.1) is 0 Å². The fourth-order valence-corrected chi connectivity index (χ4v) is 2.10. The van der Waals surface area contributed by atoms with E-state index < -0.39 is 6.09 Å². The molecule has 1 rings (SSSR count). The monoisotopic (exact) mass is 300 g/mol. The molecule has 1 heterocycles. The van der Waals surface area contributed by atoms with Gasteiger partial charge in [-0.1, -0.05) is 0 Å². The Morgan fingerprint density at radius 1 is 1.19 bits per heavy atom. The zero-order valence-corrected chi connectivity index (χ0v) is 13.6. The van der Waals surface area contributed by atoms with Gasteiger partial charge in [0.25, 0.3) is 5.91 Å². The van der Waals surface area contributed by atoms with E-state index in [1.54, 1.807) is 7.05 Å². The van der Waals surface area contributed by atoms with E-state index in [1.165, 1.54) is 4.90 Å². The van der Waals surface area contributed by atoms with E-state index in [0.717, 1.165) is 32.5 Å². The molecule has 0 aliphatic carbocycles. The van der Waals surface area contributed by atoms with Gasteiger partial charge in [0, 0.05) is 26.2 Å². The van der Waals surface area contributed by atoms with Crippen molar-refractivity contribution in [3.63, 3.8) is 0 Å². The molecule has 7 heteroatoms. The van der Waals surface area contributed by atoms with Crippen molar-refractivity contribution in [2.24, 2.45) is 0 Å². The highest BCUT2D eigenvalue weighted by Crippen LogP contribution is 2.07. The molecule has 0 aromatic carbocycles. The maximum atomic E-state index is 11.8. The number of ether oxygens (including phenoxy) is 1. The molecule has 2 amide bonds. The van der Waals surface area contributed by atoms with E-state index in [1.807, 2.05) is 19.0 Å². The molecule has 0 unspecified atom stereocenters. The summed E-state index contributed by atoms with van der Waals surface area (Å²) >= 11 is 0. The standard InChI is InChI=1S/C14H28N4O3/c1-16(2)9-10-18(4)14(20)21-11-13(19)15-12-5-7-17(3)8-6-12/h12H,5-11H2,1-4H3,(H,15,19). The van der Waals surface area contributed by atoms with Crippen molar-refractivity contribution in [1.82, 2.24) is 20.0 Å². The molecule has 7 nitrogen and oxygen atoms in total. The third-order valence-corrected chi connectivity index (χ3v) is 3.60. The molecule has 21 heavy (non-hydrogen) atoms. The average molecular weight is 300 g/mol. The maximum absolute atomic E-state index is 11.8. The second-order valence-electron chi connectivity index (χ2n) is 5.92. The molecule has 0 aromatic rings. The Hall–Kier alpha value is -1.34. The summed E-state index contributed by atoms with van der Waals surface area (Å²) in [6.45, 7) is 3.09. The van der Waals surface area contributed by atoms with Gasteiger partial charge in [-0.3, -0.25) is 4.79 Å². The summed E-state index contributed by atoms with van der Waals surface area (Å²) < 4.78 is 5.01. The second kappa shape index (κ2) is 8.84. The first kappa shape index (κ1) is 17.7. The molecule has 0 saturated carbocycles. The van der Waals surface area contributed by atoms with Gasteiger partial charge in [0.1, 0.15) is 0 Å². The van der Waals surface area contributed by atoms with Crippen molar-refractivity contribution >= 4 is 12.0 Å². The molecule has 0 atom stereocenters. The SMILES string of the molecule is CN(C)CCN(C)C(=O)OCC(=O)NC1CCN(C)CC1. The molecule has 0 bridgehead atoms. The van der Waals surface area contributed by atoms with Crippen LogP contribution in [0, 0.1) is 0 Å². The predicted molar refractivity (Wildman–Crippen MR) is 81.2 cm³/mol. The van der Waals surface area contributed by atoms with Crippen molar-refractivity contribution in [1.29, 1.82) is 0 Å². The van der Waals surface area contributed by atoms with Crippen LogP contribution in [0.5, 0.6) is 0 Å². The Morgan fingerprint density at radius 2 is 1.81 bits per heavy atom. The number of nitrogens with one attached hydrogen (secondary N) is 1. The van der Waals surface area contributed by atoms with Crippen LogP contribution in [-0.4, -0.2) is 93.7 Å². The van der Waals surface area contributed by atoms with Crippen molar-refractivity contribution in [2.75, 3.05) is 61.0 Å². The van der Waals surface area contributed by atoms with E-state index in [2.05, 4.69) is 17.3 Å². The first-order valence-electron chi connectivity index (χ1n) is 7.39. The first-order chi connectivity index (χ1) is 9.88. The van der Waals surface area contributed by atoms with E-state index in [4.69, 9.17) is 4.74 Å². The molecule has 1 aliphatic rings. The van der Waals surface area contributed by atoms with Gasteiger partial charge in [-0.25, -0.2) is 4.79 Å². The number of piperidine rings is 1. The fraction of sp³-hybridized carbons (Fsp3) is 0.857. The van der Waals surface area contributed by atoms with Crippen LogP contribution in [0.15, 0.2) is 0 Å². The van der Waals surface area contributed by atoms with Crippen LogP contribution in [-0.2, 0) is 9.53 Å². The quantitative estimate of drug-likeness (QED) is 0.737. The molecule has 1 N–H and O–H groups in total. The lowest BCUT2D eigenvalue weighted by molar-refractivity contribution is -0.125. The highest BCUT2D eigenvalue weighted by atomic mass is 16.6. The summed E-state index contributed by atoms with van der Waals surface area (Å²) in [4.78, 5) is 29.1. The summed E-state index contributed by atoms with van der Waals surface area (Å²) in [6, 6.07) is 0.193. The van der Waals surface area contributed by atoms with Crippen molar-refractivity contribution in [3.05, 3.63) is 0 Å². The highest BCUT2D eigenvalue weighted by Gasteiger charge is 2.19. The summed E-state index contributed by atoms with van der Waals surface area (Å²) in [6.07, 6.45) is 1.42. The molecule has 0 spiro atoms. The Balaban J connectivity index is 2.18. The minimum absolute atomic E-state index is 0.193. The number of carbonyl (C=O) groups is 2. The summed E-state index contributed by atoms with van der Waals surface area (Å²) in [5.41, 5.74) is 0. The van der Waals surface area contributed by atoms with Gasteiger partial charge in [-0.2, -0.15) is 0 Å². The maximum Gasteiger partial charge on any atom is 0.410 e. The summed E-state index contributed by atoms with van der Waals surface area (Å²) in [5, 5.41) is 2.91. The molecule has 1 saturated heterocycles. The zero-order valence-electron chi connectivity index (χ0n) is 13.6. The van der Waals surface area contributed by atoms with Crippen LogP contribution < -0.4 is 5.32 Å². The second-order valence-corrected chi connectivity index (χ2v) is 5.92. The van der Waals surface area contributed by atoms with E-state index >= 15 is 0 Å². The van der Waals surface area contributed by atoms with E-state index in [9.17, 15) is 9.59 Å². The van der Waals surface area contributed by atoms with Crippen LogP contribution >= 0.6 is 0 Å². The van der Waals surface area contributed by atoms with Crippen LogP contribution in [0.3, 0.4) is 0 Å². The van der Waals surface area contributed by atoms with Crippen molar-refractivity contribution in [2.45, 2.75) is 18.9 Å². The number of nitrogens with zero attached hydrogens (tertiary/aromatic N) is 3. The van der Waals surface area contributed by atoms with Gasteiger partial charge in [0.15, 0.2) is 6.61 Å². The Bertz CT molecular complexity index is 341. The summed E-state index contributed by atoms with van der Waals surface area (Å²) in [7, 11) is 7.62. The normalized spacial score (nSPS) is 16.8. The minimum Gasteiger partial charge on any atom is -0.439 e. The van der Waals surface area contributed by atoms with Gasteiger partial charge in [-0.05, 0) is 47.1 Å². The Morgan fingerprint density at radius 3 is 2.38 bits per heavy atom. The number of hydrogen-bond acceptors (Lipinski definition) is 5. The van der Waals surface area contributed by atoms with Gasteiger partial charge in [-0.15, -0.1) is 0 Å². The topological polar surface area (TPSA) is 65.1 Å². The minimum atomic E-state index is -0.463. The fourth-order valence-electron chi connectivity index (χ4n) is 2.10. The van der Waals surface area contributed by atoms with Gasteiger partial charge in [0.2, 0.25) is 0 Å². The summed E-state index contributed by atoms with van der Waals surface area (Å²) in [5.74, 6) is -0.223. The molecule has 0 aromatic heterocycles. The number of likely N-dealkylation sites (N-methyl/N-ethyl adjacent to an activating group) is 2. The van der Waals surface area contributed by atoms with Crippen molar-refractivity contribution < 1.29 is 14.3 Å². The first-order valence-corrected chi connectivity index (χ1v) is 7.39. The number of likely N-dealkylation sites (tertiary alicyclic amines) is 1. The number of hydrogen-bond donors (Lipinski definition) is 1. The molecule has 1 aliphatic heterocycles.